The molecule has 0 heterocycles. The highest BCUT2D eigenvalue weighted by Crippen LogP contribution is 2.42. The predicted molar refractivity (Wildman–Crippen MR) is 60.3 cm³/mol. The monoisotopic (exact) mass is 286 g/mol. The molecule has 2 fully saturated rings. The molecule has 0 spiro atoms. The summed E-state index contributed by atoms with van der Waals surface area (Å²) >= 11 is 0. The fourth-order valence-electron chi connectivity index (χ4n) is 2.10. The smallest absolute Gasteiger partial charge is 0.330 e. The Labute approximate surface area is 104 Å². The molecule has 18 heavy (non-hydrogen) atoms. The van der Waals surface area contributed by atoms with E-state index >= 15 is 0 Å². The van der Waals surface area contributed by atoms with E-state index in [1.54, 1.807) is 0 Å². The molecule has 1 atom stereocenters. The summed E-state index contributed by atoms with van der Waals surface area (Å²) in [5.41, 5.74) is 5.20. The van der Waals surface area contributed by atoms with Gasteiger partial charge in [0.05, 0.1) is 5.25 Å². The van der Waals surface area contributed by atoms with Gasteiger partial charge in [-0.15, -0.1) is 0 Å². The Kier molecular flexibility index (Phi) is 3.63. The Hall–Kier alpha value is -0.340. The predicted octanol–water partition coefficient (Wildman–Crippen LogP) is 1.22. The van der Waals surface area contributed by atoms with E-state index in [-0.39, 0.29) is 13.0 Å². The molecule has 2 saturated carbocycles. The van der Waals surface area contributed by atoms with Crippen molar-refractivity contribution in [2.45, 2.75) is 55.6 Å². The van der Waals surface area contributed by atoms with Gasteiger partial charge in [-0.25, -0.2) is 8.42 Å². The first-order chi connectivity index (χ1) is 8.28. The van der Waals surface area contributed by atoms with Crippen LogP contribution in [-0.4, -0.2) is 42.8 Å². The third-order valence-corrected chi connectivity index (χ3v) is 5.73. The van der Waals surface area contributed by atoms with Crippen LogP contribution in [0.4, 0.5) is 13.2 Å². The number of sulfonamides is 1. The number of halogens is 3. The molecule has 2 N–H and O–H groups in total. The van der Waals surface area contributed by atoms with Crippen molar-refractivity contribution < 1.29 is 21.6 Å². The van der Waals surface area contributed by atoms with Gasteiger partial charge < -0.3 is 5.73 Å². The maximum atomic E-state index is 13.0. The summed E-state index contributed by atoms with van der Waals surface area (Å²) in [5.74, 6) is 0. The summed E-state index contributed by atoms with van der Waals surface area (Å²) in [6.45, 7) is -0.173. The minimum absolute atomic E-state index is 0.173. The zero-order chi connectivity index (χ0) is 13.6. The van der Waals surface area contributed by atoms with Crippen LogP contribution >= 0.6 is 0 Å². The quantitative estimate of drug-likeness (QED) is 0.798. The second-order valence-electron chi connectivity index (χ2n) is 4.94. The first kappa shape index (κ1) is 14.1. The summed E-state index contributed by atoms with van der Waals surface area (Å²) in [6.07, 6.45) is -2.94. The molecule has 1 unspecified atom stereocenters. The molecule has 2 aliphatic carbocycles. The van der Waals surface area contributed by atoms with Crippen LogP contribution < -0.4 is 5.73 Å². The van der Waals surface area contributed by atoms with Crippen molar-refractivity contribution in [3.63, 3.8) is 0 Å². The molecule has 0 bridgehead atoms. The highest BCUT2D eigenvalue weighted by molar-refractivity contribution is 7.90. The third kappa shape index (κ3) is 2.80. The van der Waals surface area contributed by atoms with Crippen LogP contribution in [-0.2, 0) is 10.0 Å². The Balaban J connectivity index is 2.27. The second-order valence-corrected chi connectivity index (χ2v) is 7.06. The molecule has 4 nitrogen and oxygen atoms in total. The number of alkyl halides is 3. The standard InChI is InChI=1S/C10H17F3N2O2S/c11-10(12,13)9(5-6-14)15(7-1-2-7)18(16,17)8-3-4-8/h7-9H,1-6,14H2. The molecule has 2 rings (SSSR count). The summed E-state index contributed by atoms with van der Waals surface area (Å²) in [7, 11) is -3.81. The highest BCUT2D eigenvalue weighted by Gasteiger charge is 2.55. The van der Waals surface area contributed by atoms with Crippen molar-refractivity contribution >= 4 is 10.0 Å². The van der Waals surface area contributed by atoms with Crippen LogP contribution in [0, 0.1) is 0 Å². The van der Waals surface area contributed by atoms with Crippen LogP contribution in [0.2, 0.25) is 0 Å². The van der Waals surface area contributed by atoms with Gasteiger partial charge in [-0.1, -0.05) is 0 Å². The maximum absolute atomic E-state index is 13.0. The zero-order valence-electron chi connectivity index (χ0n) is 9.86. The number of hydrogen-bond donors (Lipinski definition) is 1. The van der Waals surface area contributed by atoms with Crippen molar-refractivity contribution in [2.24, 2.45) is 5.73 Å². The fraction of sp³-hybridized carbons (Fsp3) is 1.00. The van der Waals surface area contributed by atoms with Crippen molar-refractivity contribution in [2.75, 3.05) is 6.54 Å². The molecule has 0 radical (unpaired) electrons. The van der Waals surface area contributed by atoms with E-state index in [0.29, 0.717) is 30.0 Å². The van der Waals surface area contributed by atoms with Crippen LogP contribution in [0.15, 0.2) is 0 Å². The average molecular weight is 286 g/mol. The van der Waals surface area contributed by atoms with Crippen LogP contribution in [0.1, 0.15) is 32.1 Å². The Morgan fingerprint density at radius 2 is 1.78 bits per heavy atom. The lowest BCUT2D eigenvalue weighted by atomic mass is 10.2. The molecule has 0 aliphatic heterocycles. The Morgan fingerprint density at radius 3 is 2.11 bits per heavy atom. The molecular weight excluding hydrogens is 269 g/mol. The van der Waals surface area contributed by atoms with Crippen molar-refractivity contribution in [1.82, 2.24) is 4.31 Å². The molecule has 0 aromatic heterocycles. The van der Waals surface area contributed by atoms with Gasteiger partial charge in [-0.3, -0.25) is 0 Å². The normalized spacial score (nSPS) is 23.4. The highest BCUT2D eigenvalue weighted by atomic mass is 32.2. The average Bonchev–Trinajstić information content (AvgIpc) is 3.08. The van der Waals surface area contributed by atoms with E-state index in [1.165, 1.54) is 0 Å². The number of hydrogen-bond acceptors (Lipinski definition) is 3. The topological polar surface area (TPSA) is 63.4 Å². The zero-order valence-corrected chi connectivity index (χ0v) is 10.7. The van der Waals surface area contributed by atoms with Crippen molar-refractivity contribution in [3.8, 4) is 0 Å². The summed E-state index contributed by atoms with van der Waals surface area (Å²) in [5, 5.41) is -0.610. The van der Waals surface area contributed by atoms with Crippen LogP contribution in [0.25, 0.3) is 0 Å². The van der Waals surface area contributed by atoms with E-state index in [9.17, 15) is 21.6 Å². The lowest BCUT2D eigenvalue weighted by Crippen LogP contribution is -2.51. The summed E-state index contributed by atoms with van der Waals surface area (Å²) in [6, 6.07) is -2.44. The molecule has 8 heteroatoms. The molecule has 0 saturated heterocycles. The van der Waals surface area contributed by atoms with E-state index in [0.717, 1.165) is 0 Å². The van der Waals surface area contributed by atoms with E-state index in [1.807, 2.05) is 0 Å². The van der Waals surface area contributed by atoms with E-state index in [2.05, 4.69) is 0 Å². The number of nitrogens with zero attached hydrogens (tertiary/aromatic N) is 1. The van der Waals surface area contributed by atoms with Crippen LogP contribution in [0.3, 0.4) is 0 Å². The van der Waals surface area contributed by atoms with E-state index in [4.69, 9.17) is 5.73 Å². The molecule has 106 valence electrons. The first-order valence-corrected chi connectivity index (χ1v) is 7.58. The molecular formula is C10H17F3N2O2S. The van der Waals surface area contributed by atoms with E-state index < -0.39 is 33.5 Å². The number of rotatable bonds is 6. The van der Waals surface area contributed by atoms with Crippen LogP contribution in [0.5, 0.6) is 0 Å². The van der Waals surface area contributed by atoms with Gasteiger partial charge in [-0.2, -0.15) is 17.5 Å². The summed E-state index contributed by atoms with van der Waals surface area (Å²) < 4.78 is 63.9. The fourth-order valence-corrected chi connectivity index (χ4v) is 4.38. The number of nitrogens with two attached hydrogens (primary N) is 1. The minimum atomic E-state index is -4.55. The lowest BCUT2D eigenvalue weighted by molar-refractivity contribution is -0.173. The molecule has 0 amide bonds. The summed E-state index contributed by atoms with van der Waals surface area (Å²) in [4.78, 5) is 0. The molecule has 0 aromatic rings. The van der Waals surface area contributed by atoms with Gasteiger partial charge in [0.25, 0.3) is 0 Å². The lowest BCUT2D eigenvalue weighted by Gasteiger charge is -2.32. The van der Waals surface area contributed by atoms with Gasteiger partial charge >= 0.3 is 6.18 Å². The largest absolute Gasteiger partial charge is 0.405 e. The molecule has 2 aliphatic rings. The maximum Gasteiger partial charge on any atom is 0.405 e. The van der Waals surface area contributed by atoms with Gasteiger partial charge in [0.2, 0.25) is 10.0 Å². The third-order valence-electron chi connectivity index (χ3n) is 3.27. The SMILES string of the molecule is NCCC(N(C1CC1)S(=O)(=O)C1CC1)C(F)(F)F. The Morgan fingerprint density at radius 1 is 1.22 bits per heavy atom. The van der Waals surface area contributed by atoms with Gasteiger partial charge in [0.15, 0.2) is 0 Å². The first-order valence-electron chi connectivity index (χ1n) is 6.07. The van der Waals surface area contributed by atoms with Crippen molar-refractivity contribution in [3.05, 3.63) is 0 Å². The second kappa shape index (κ2) is 4.64. The van der Waals surface area contributed by atoms with Crippen molar-refractivity contribution in [1.29, 1.82) is 0 Å². The Bertz CT molecular complexity index is 402. The molecule has 0 aromatic carbocycles. The van der Waals surface area contributed by atoms with Gasteiger partial charge in [-0.05, 0) is 38.6 Å². The minimum Gasteiger partial charge on any atom is -0.330 e. The van der Waals surface area contributed by atoms with Gasteiger partial charge in [0.1, 0.15) is 6.04 Å². The van der Waals surface area contributed by atoms with Gasteiger partial charge in [0, 0.05) is 6.04 Å².